The zero-order valence-corrected chi connectivity index (χ0v) is 16.0. The Morgan fingerprint density at radius 1 is 0.929 bits per heavy atom. The maximum atomic E-state index is 12.7. The van der Waals surface area contributed by atoms with Crippen molar-refractivity contribution in [3.63, 3.8) is 0 Å². The molecule has 0 aliphatic rings. The third kappa shape index (κ3) is 5.76. The van der Waals surface area contributed by atoms with Crippen LogP contribution in [0.3, 0.4) is 0 Å². The Hall–Kier alpha value is -2.99. The minimum Gasteiger partial charge on any atom is -0.467 e. The van der Waals surface area contributed by atoms with E-state index in [1.54, 1.807) is 53.8 Å². The second-order valence-electron chi connectivity index (χ2n) is 6.27. The van der Waals surface area contributed by atoms with E-state index < -0.39 is 0 Å². The van der Waals surface area contributed by atoms with Crippen molar-refractivity contribution in [2.45, 2.75) is 25.9 Å². The molecule has 0 bridgehead atoms. The average Bonchev–Trinajstić information content (AvgIpc) is 3.39. The molecule has 0 saturated carbocycles. The number of rotatable bonds is 9. The second kappa shape index (κ2) is 9.80. The minimum absolute atomic E-state index is 0.0338. The Balaban J connectivity index is 1.48. The van der Waals surface area contributed by atoms with E-state index >= 15 is 0 Å². The first kappa shape index (κ1) is 19.8. The van der Waals surface area contributed by atoms with Crippen LogP contribution in [0.4, 0.5) is 0 Å². The Bertz CT molecular complexity index is 838. The largest absolute Gasteiger partial charge is 0.467 e. The van der Waals surface area contributed by atoms with Gasteiger partial charge in [-0.05, 0) is 55.0 Å². The normalized spacial score (nSPS) is 10.6. The molecule has 28 heavy (non-hydrogen) atoms. The molecule has 6 nitrogen and oxygen atoms in total. The Morgan fingerprint density at radius 2 is 1.54 bits per heavy atom. The van der Waals surface area contributed by atoms with E-state index in [1.807, 2.05) is 12.1 Å². The maximum absolute atomic E-state index is 12.7. The summed E-state index contributed by atoms with van der Waals surface area (Å²) in [5.41, 5.74) is 0.535. The van der Waals surface area contributed by atoms with Gasteiger partial charge < -0.3 is 19.1 Å². The monoisotopic (exact) mass is 400 g/mol. The van der Waals surface area contributed by atoms with Crippen molar-refractivity contribution in [1.29, 1.82) is 0 Å². The molecule has 2 heterocycles. The van der Waals surface area contributed by atoms with E-state index in [4.69, 9.17) is 20.4 Å². The fourth-order valence-corrected chi connectivity index (χ4v) is 2.84. The smallest absolute Gasteiger partial charge is 0.251 e. The summed E-state index contributed by atoms with van der Waals surface area (Å²) >= 11 is 5.82. The second-order valence-corrected chi connectivity index (χ2v) is 6.71. The van der Waals surface area contributed by atoms with Crippen LogP contribution in [0, 0.1) is 0 Å². The molecule has 3 rings (SSSR count). The lowest BCUT2D eigenvalue weighted by Crippen LogP contribution is -2.31. The van der Waals surface area contributed by atoms with Crippen LogP contribution in [0.15, 0.2) is 69.9 Å². The van der Waals surface area contributed by atoms with Gasteiger partial charge in [-0.3, -0.25) is 9.59 Å². The number of nitrogens with zero attached hydrogens (tertiary/aromatic N) is 1. The van der Waals surface area contributed by atoms with Gasteiger partial charge in [0.25, 0.3) is 5.91 Å². The molecule has 1 aromatic carbocycles. The number of carbonyl (C=O) groups excluding carboxylic acids is 2. The first-order valence-corrected chi connectivity index (χ1v) is 9.36. The Kier molecular flexibility index (Phi) is 6.92. The summed E-state index contributed by atoms with van der Waals surface area (Å²) in [5.74, 6) is 1.19. The number of halogens is 1. The van der Waals surface area contributed by atoms with Gasteiger partial charge in [0.2, 0.25) is 5.91 Å². The molecule has 0 aliphatic heterocycles. The average molecular weight is 401 g/mol. The molecule has 1 N–H and O–H groups in total. The lowest BCUT2D eigenvalue weighted by Gasteiger charge is -2.20. The van der Waals surface area contributed by atoms with Crippen LogP contribution in [0.25, 0.3) is 0 Å². The van der Waals surface area contributed by atoms with E-state index in [9.17, 15) is 9.59 Å². The summed E-state index contributed by atoms with van der Waals surface area (Å²) in [6, 6.07) is 13.9. The molecule has 0 atom stereocenters. The fourth-order valence-electron chi connectivity index (χ4n) is 2.72. The molecule has 3 aromatic rings. The SMILES string of the molecule is O=C(NCCCC(=O)N(Cc1ccco1)Cc1ccco1)c1ccc(Cl)cc1. The van der Waals surface area contributed by atoms with Crippen molar-refractivity contribution in [2.24, 2.45) is 0 Å². The highest BCUT2D eigenvalue weighted by atomic mass is 35.5. The van der Waals surface area contributed by atoms with Crippen LogP contribution in [-0.2, 0) is 17.9 Å². The molecule has 7 heteroatoms. The summed E-state index contributed by atoms with van der Waals surface area (Å²) in [6.45, 7) is 1.13. The lowest BCUT2D eigenvalue weighted by atomic mass is 10.2. The first-order valence-electron chi connectivity index (χ1n) is 8.98. The van der Waals surface area contributed by atoms with Gasteiger partial charge in [-0.2, -0.15) is 0 Å². The number of nitrogens with one attached hydrogen (secondary N) is 1. The van der Waals surface area contributed by atoms with Gasteiger partial charge in [-0.25, -0.2) is 0 Å². The topological polar surface area (TPSA) is 75.7 Å². The number of amides is 2. The van der Waals surface area contributed by atoms with Crippen LogP contribution in [0.2, 0.25) is 5.02 Å². The van der Waals surface area contributed by atoms with Crippen molar-refractivity contribution < 1.29 is 18.4 Å². The van der Waals surface area contributed by atoms with Gasteiger partial charge in [0.15, 0.2) is 0 Å². The summed E-state index contributed by atoms with van der Waals surface area (Å²) in [4.78, 5) is 26.4. The van der Waals surface area contributed by atoms with Gasteiger partial charge in [-0.15, -0.1) is 0 Å². The summed E-state index contributed by atoms with van der Waals surface area (Å²) in [6.07, 6.45) is 4.00. The van der Waals surface area contributed by atoms with Gasteiger partial charge in [0, 0.05) is 23.6 Å². The van der Waals surface area contributed by atoms with Crippen LogP contribution in [0.5, 0.6) is 0 Å². The molecule has 0 unspecified atom stereocenters. The summed E-state index contributed by atoms with van der Waals surface area (Å²) < 4.78 is 10.7. The Morgan fingerprint density at radius 3 is 2.07 bits per heavy atom. The predicted octanol–water partition coefficient (Wildman–Crippen LogP) is 4.27. The van der Waals surface area contributed by atoms with E-state index in [2.05, 4.69) is 5.32 Å². The maximum Gasteiger partial charge on any atom is 0.251 e. The third-order valence-electron chi connectivity index (χ3n) is 4.17. The molecule has 0 saturated heterocycles. The van der Waals surface area contributed by atoms with Crippen LogP contribution >= 0.6 is 11.6 Å². The molecule has 0 spiro atoms. The first-order chi connectivity index (χ1) is 13.6. The predicted molar refractivity (Wildman–Crippen MR) is 105 cm³/mol. The quantitative estimate of drug-likeness (QED) is 0.544. The third-order valence-corrected chi connectivity index (χ3v) is 4.42. The van der Waals surface area contributed by atoms with E-state index in [-0.39, 0.29) is 11.8 Å². The lowest BCUT2D eigenvalue weighted by molar-refractivity contribution is -0.133. The van der Waals surface area contributed by atoms with Crippen LogP contribution in [0.1, 0.15) is 34.7 Å². The molecule has 2 amide bonds. The molecular formula is C21H21ClN2O4. The van der Waals surface area contributed by atoms with Crippen molar-refractivity contribution in [3.8, 4) is 0 Å². The van der Waals surface area contributed by atoms with E-state index in [1.165, 1.54) is 0 Å². The molecular weight excluding hydrogens is 380 g/mol. The number of furan rings is 2. The van der Waals surface area contributed by atoms with Crippen molar-refractivity contribution in [3.05, 3.63) is 83.2 Å². The van der Waals surface area contributed by atoms with Gasteiger partial charge >= 0.3 is 0 Å². The van der Waals surface area contributed by atoms with Gasteiger partial charge in [0.1, 0.15) is 11.5 Å². The van der Waals surface area contributed by atoms with Crippen molar-refractivity contribution in [1.82, 2.24) is 10.2 Å². The molecule has 0 aliphatic carbocycles. The highest BCUT2D eigenvalue weighted by Gasteiger charge is 2.17. The molecule has 2 aromatic heterocycles. The van der Waals surface area contributed by atoms with Crippen molar-refractivity contribution in [2.75, 3.05) is 6.54 Å². The fraction of sp³-hybridized carbons (Fsp3) is 0.238. The number of benzene rings is 1. The zero-order valence-electron chi connectivity index (χ0n) is 15.3. The highest BCUT2D eigenvalue weighted by Crippen LogP contribution is 2.13. The summed E-state index contributed by atoms with van der Waals surface area (Å²) in [7, 11) is 0. The number of carbonyl (C=O) groups is 2. The molecule has 0 fully saturated rings. The Labute approximate surface area is 168 Å². The van der Waals surface area contributed by atoms with Gasteiger partial charge in [-0.1, -0.05) is 11.6 Å². The minimum atomic E-state index is -0.188. The van der Waals surface area contributed by atoms with E-state index in [0.717, 1.165) is 0 Å². The zero-order chi connectivity index (χ0) is 19.8. The van der Waals surface area contributed by atoms with Crippen LogP contribution < -0.4 is 5.32 Å². The standard InChI is InChI=1S/C21H21ClN2O4/c22-17-9-7-16(8-10-17)21(26)23-11-1-6-20(25)24(14-18-4-2-12-27-18)15-19-5-3-13-28-19/h2-5,7-10,12-13H,1,6,11,14-15H2,(H,23,26). The summed E-state index contributed by atoms with van der Waals surface area (Å²) in [5, 5.41) is 3.39. The van der Waals surface area contributed by atoms with Crippen molar-refractivity contribution >= 4 is 23.4 Å². The highest BCUT2D eigenvalue weighted by molar-refractivity contribution is 6.30. The molecule has 0 radical (unpaired) electrons. The van der Waals surface area contributed by atoms with Crippen LogP contribution in [-0.4, -0.2) is 23.3 Å². The molecule has 146 valence electrons. The number of hydrogen-bond acceptors (Lipinski definition) is 4. The van der Waals surface area contributed by atoms with Gasteiger partial charge in [0.05, 0.1) is 25.6 Å². The van der Waals surface area contributed by atoms with E-state index in [0.29, 0.717) is 54.6 Å². The number of hydrogen-bond donors (Lipinski definition) is 1.